The van der Waals surface area contributed by atoms with Crippen molar-refractivity contribution in [2.24, 2.45) is 0 Å². The van der Waals surface area contributed by atoms with Crippen LogP contribution in [0.4, 0.5) is 13.2 Å². The Labute approximate surface area is 104 Å². The molecule has 0 aliphatic rings. The number of thioether (sulfide) groups is 1. The van der Waals surface area contributed by atoms with Gasteiger partial charge in [-0.15, -0.1) is 11.8 Å². The molecule has 1 N–H and O–H groups in total. The van der Waals surface area contributed by atoms with Crippen LogP contribution in [-0.4, -0.2) is 25.0 Å². The number of alkyl halides is 3. The summed E-state index contributed by atoms with van der Waals surface area (Å²) < 4.78 is 35.6. The summed E-state index contributed by atoms with van der Waals surface area (Å²) in [5.41, 5.74) is 2.33. The first-order valence-electron chi connectivity index (χ1n) is 5.36. The van der Waals surface area contributed by atoms with Crippen LogP contribution in [0.15, 0.2) is 23.1 Å². The SMILES string of the molecule is Cc1ccc(C)c(SCCNCC(F)(F)F)c1. The van der Waals surface area contributed by atoms with E-state index in [4.69, 9.17) is 0 Å². The molecule has 96 valence electrons. The maximum Gasteiger partial charge on any atom is 0.401 e. The van der Waals surface area contributed by atoms with Crippen molar-refractivity contribution < 1.29 is 13.2 Å². The molecule has 1 aromatic rings. The van der Waals surface area contributed by atoms with Crippen molar-refractivity contribution in [3.63, 3.8) is 0 Å². The molecule has 0 heterocycles. The van der Waals surface area contributed by atoms with Crippen LogP contribution in [0.5, 0.6) is 0 Å². The van der Waals surface area contributed by atoms with E-state index < -0.39 is 12.7 Å². The summed E-state index contributed by atoms with van der Waals surface area (Å²) >= 11 is 1.58. The van der Waals surface area contributed by atoms with Crippen LogP contribution in [-0.2, 0) is 0 Å². The molecule has 0 radical (unpaired) electrons. The summed E-state index contributed by atoms with van der Waals surface area (Å²) in [5, 5.41) is 2.38. The molecule has 0 spiro atoms. The van der Waals surface area contributed by atoms with Gasteiger partial charge in [0.25, 0.3) is 0 Å². The lowest BCUT2D eigenvalue weighted by Gasteiger charge is -2.09. The third-order valence-corrected chi connectivity index (χ3v) is 3.36. The Bertz CT molecular complexity index is 363. The van der Waals surface area contributed by atoms with E-state index in [2.05, 4.69) is 11.4 Å². The van der Waals surface area contributed by atoms with Crippen molar-refractivity contribution >= 4 is 11.8 Å². The molecular formula is C12H16F3NS. The Hall–Kier alpha value is -0.680. The fraction of sp³-hybridized carbons (Fsp3) is 0.500. The Kier molecular flexibility index (Phi) is 5.33. The van der Waals surface area contributed by atoms with Crippen LogP contribution in [0.3, 0.4) is 0 Å². The van der Waals surface area contributed by atoms with Crippen molar-refractivity contribution in [3.8, 4) is 0 Å². The Morgan fingerprint density at radius 1 is 1.24 bits per heavy atom. The van der Waals surface area contributed by atoms with Gasteiger partial charge in [0.1, 0.15) is 0 Å². The minimum absolute atomic E-state index is 0.359. The summed E-state index contributed by atoms with van der Waals surface area (Å²) in [6.07, 6.45) is -4.12. The highest BCUT2D eigenvalue weighted by Gasteiger charge is 2.25. The molecule has 0 bridgehead atoms. The second-order valence-electron chi connectivity index (χ2n) is 3.91. The molecule has 0 fully saturated rings. The minimum atomic E-state index is -4.12. The van der Waals surface area contributed by atoms with E-state index >= 15 is 0 Å². The normalized spacial score (nSPS) is 11.8. The average molecular weight is 263 g/mol. The van der Waals surface area contributed by atoms with Gasteiger partial charge >= 0.3 is 6.18 Å². The number of nitrogens with one attached hydrogen (secondary N) is 1. The van der Waals surface area contributed by atoms with Crippen molar-refractivity contribution in [3.05, 3.63) is 29.3 Å². The van der Waals surface area contributed by atoms with Crippen LogP contribution in [0.1, 0.15) is 11.1 Å². The van der Waals surface area contributed by atoms with Crippen molar-refractivity contribution in [2.75, 3.05) is 18.8 Å². The molecule has 0 unspecified atom stereocenters. The summed E-state index contributed by atoms with van der Waals surface area (Å²) in [7, 11) is 0. The third kappa shape index (κ3) is 5.98. The molecular weight excluding hydrogens is 247 g/mol. The molecule has 0 aliphatic carbocycles. The maximum atomic E-state index is 11.9. The molecule has 1 nitrogen and oxygen atoms in total. The molecule has 0 amide bonds. The van der Waals surface area contributed by atoms with Crippen molar-refractivity contribution in [1.82, 2.24) is 5.32 Å². The standard InChI is InChI=1S/C12H16F3NS/c1-9-3-4-10(2)11(7-9)17-6-5-16-8-12(13,14)15/h3-4,7,16H,5-6,8H2,1-2H3. The highest BCUT2D eigenvalue weighted by molar-refractivity contribution is 7.99. The van der Waals surface area contributed by atoms with Gasteiger partial charge in [-0.25, -0.2) is 0 Å². The summed E-state index contributed by atoms with van der Waals surface area (Å²) in [5.74, 6) is 0.639. The van der Waals surface area contributed by atoms with Gasteiger partial charge in [0, 0.05) is 17.2 Å². The van der Waals surface area contributed by atoms with Gasteiger partial charge in [0.05, 0.1) is 6.54 Å². The van der Waals surface area contributed by atoms with E-state index in [-0.39, 0.29) is 0 Å². The van der Waals surface area contributed by atoms with E-state index in [0.717, 1.165) is 10.5 Å². The van der Waals surface area contributed by atoms with E-state index in [0.29, 0.717) is 12.3 Å². The summed E-state index contributed by atoms with van der Waals surface area (Å²) in [4.78, 5) is 1.14. The van der Waals surface area contributed by atoms with Gasteiger partial charge in [-0.3, -0.25) is 0 Å². The van der Waals surface area contributed by atoms with E-state index in [1.807, 2.05) is 26.0 Å². The minimum Gasteiger partial charge on any atom is -0.308 e. The van der Waals surface area contributed by atoms with E-state index in [9.17, 15) is 13.2 Å². The lowest BCUT2D eigenvalue weighted by atomic mass is 10.2. The van der Waals surface area contributed by atoms with Gasteiger partial charge in [0.15, 0.2) is 0 Å². The molecule has 5 heteroatoms. The first-order valence-corrected chi connectivity index (χ1v) is 6.34. The molecule has 0 aliphatic heterocycles. The van der Waals surface area contributed by atoms with Gasteiger partial charge in [-0.05, 0) is 25.5 Å². The van der Waals surface area contributed by atoms with Crippen molar-refractivity contribution in [2.45, 2.75) is 24.9 Å². The number of aryl methyl sites for hydroxylation is 2. The van der Waals surface area contributed by atoms with Crippen LogP contribution < -0.4 is 5.32 Å². The van der Waals surface area contributed by atoms with Crippen LogP contribution >= 0.6 is 11.8 Å². The number of hydrogen-bond donors (Lipinski definition) is 1. The first-order chi connectivity index (χ1) is 7.88. The topological polar surface area (TPSA) is 12.0 Å². The van der Waals surface area contributed by atoms with Gasteiger partial charge in [-0.2, -0.15) is 13.2 Å². The Morgan fingerprint density at radius 2 is 1.94 bits per heavy atom. The van der Waals surface area contributed by atoms with E-state index in [1.54, 1.807) is 11.8 Å². The number of rotatable bonds is 5. The smallest absolute Gasteiger partial charge is 0.308 e. The largest absolute Gasteiger partial charge is 0.401 e. The lowest BCUT2D eigenvalue weighted by Crippen LogP contribution is -2.30. The molecule has 0 atom stereocenters. The molecule has 0 saturated heterocycles. The predicted molar refractivity (Wildman–Crippen MR) is 65.6 cm³/mol. The quantitative estimate of drug-likeness (QED) is 0.644. The second-order valence-corrected chi connectivity index (χ2v) is 5.05. The first kappa shape index (κ1) is 14.4. The van der Waals surface area contributed by atoms with Crippen LogP contribution in [0, 0.1) is 13.8 Å². The highest BCUT2D eigenvalue weighted by Crippen LogP contribution is 2.23. The van der Waals surface area contributed by atoms with Crippen molar-refractivity contribution in [1.29, 1.82) is 0 Å². The van der Waals surface area contributed by atoms with E-state index in [1.165, 1.54) is 5.56 Å². The zero-order valence-electron chi connectivity index (χ0n) is 9.90. The molecule has 1 aromatic carbocycles. The monoisotopic (exact) mass is 263 g/mol. The lowest BCUT2D eigenvalue weighted by molar-refractivity contribution is -0.124. The molecule has 0 aromatic heterocycles. The fourth-order valence-electron chi connectivity index (χ4n) is 1.33. The average Bonchev–Trinajstić information content (AvgIpc) is 2.21. The summed E-state index contributed by atoms with van der Waals surface area (Å²) in [6, 6.07) is 6.12. The zero-order valence-corrected chi connectivity index (χ0v) is 10.7. The molecule has 1 rings (SSSR count). The Morgan fingerprint density at radius 3 is 2.59 bits per heavy atom. The fourth-order valence-corrected chi connectivity index (χ4v) is 2.36. The number of halogens is 3. The zero-order chi connectivity index (χ0) is 12.9. The molecule has 17 heavy (non-hydrogen) atoms. The van der Waals surface area contributed by atoms with Crippen LogP contribution in [0.2, 0.25) is 0 Å². The van der Waals surface area contributed by atoms with Gasteiger partial charge in [-0.1, -0.05) is 17.7 Å². The predicted octanol–water partition coefficient (Wildman–Crippen LogP) is 3.55. The number of benzene rings is 1. The summed E-state index contributed by atoms with van der Waals surface area (Å²) in [6.45, 7) is 3.45. The van der Waals surface area contributed by atoms with Crippen LogP contribution in [0.25, 0.3) is 0 Å². The second kappa shape index (κ2) is 6.31. The Balaban J connectivity index is 2.29. The maximum absolute atomic E-state index is 11.9. The van der Waals surface area contributed by atoms with Gasteiger partial charge < -0.3 is 5.32 Å². The highest BCUT2D eigenvalue weighted by atomic mass is 32.2. The van der Waals surface area contributed by atoms with Gasteiger partial charge in [0.2, 0.25) is 0 Å². The number of hydrogen-bond acceptors (Lipinski definition) is 2. The molecule has 0 saturated carbocycles. The third-order valence-electron chi connectivity index (χ3n) is 2.21.